The first kappa shape index (κ1) is 17.2. The summed E-state index contributed by atoms with van der Waals surface area (Å²) in [6.07, 6.45) is 3.48. The highest BCUT2D eigenvalue weighted by Gasteiger charge is 2.35. The summed E-state index contributed by atoms with van der Waals surface area (Å²) in [4.78, 5) is 21.8. The van der Waals surface area contributed by atoms with Crippen LogP contribution in [0.2, 0.25) is 0 Å². The molecule has 0 radical (unpaired) electrons. The van der Waals surface area contributed by atoms with Gasteiger partial charge in [-0.05, 0) is 30.7 Å². The van der Waals surface area contributed by atoms with Crippen molar-refractivity contribution in [1.82, 2.24) is 14.5 Å². The lowest BCUT2D eigenvalue weighted by Gasteiger charge is -2.30. The quantitative estimate of drug-likeness (QED) is 0.554. The average molecular weight is 364 g/mol. The van der Waals surface area contributed by atoms with Gasteiger partial charge in [-0.15, -0.1) is 0 Å². The third-order valence-electron chi connectivity index (χ3n) is 4.57. The van der Waals surface area contributed by atoms with Crippen LogP contribution in [0, 0.1) is 0 Å². The molecular weight excluding hydrogens is 344 g/mol. The number of allylic oxidation sites excluding steroid dienone is 1. The molecule has 1 N–H and O–H groups in total. The van der Waals surface area contributed by atoms with Crippen LogP contribution in [-0.2, 0) is 14.3 Å². The summed E-state index contributed by atoms with van der Waals surface area (Å²) in [7, 11) is 1.57. The predicted octanol–water partition coefficient (Wildman–Crippen LogP) is 2.91. The standard InChI is InChI=1S/C20H20N4O3/c1-13-17(19(25)27-11-10-26-2)18(14-6-5-9-21-12-14)24-16-8-4-3-7-15(16)23-20(24)22-13/h3-9,12,18H,10-11H2,1-2H3,(H,22,23)/t18-/m0/s1. The fourth-order valence-corrected chi connectivity index (χ4v) is 3.38. The number of carbonyl (C=O) groups is 1. The topological polar surface area (TPSA) is 78.3 Å². The van der Waals surface area contributed by atoms with Crippen molar-refractivity contribution in [1.29, 1.82) is 0 Å². The molecule has 0 aliphatic carbocycles. The second-order valence-electron chi connectivity index (χ2n) is 6.28. The van der Waals surface area contributed by atoms with E-state index in [1.165, 1.54) is 0 Å². The van der Waals surface area contributed by atoms with Gasteiger partial charge in [0.1, 0.15) is 6.61 Å². The molecule has 0 amide bonds. The van der Waals surface area contributed by atoms with Crippen molar-refractivity contribution in [2.75, 3.05) is 25.6 Å². The van der Waals surface area contributed by atoms with Crippen molar-refractivity contribution in [3.8, 4) is 0 Å². The first-order valence-electron chi connectivity index (χ1n) is 8.71. The van der Waals surface area contributed by atoms with Gasteiger partial charge in [-0.2, -0.15) is 0 Å². The van der Waals surface area contributed by atoms with Gasteiger partial charge in [-0.3, -0.25) is 9.55 Å². The molecule has 3 heterocycles. The minimum atomic E-state index is -0.380. The maximum absolute atomic E-state index is 12.9. The minimum absolute atomic E-state index is 0.198. The van der Waals surface area contributed by atoms with Gasteiger partial charge in [0.2, 0.25) is 5.95 Å². The van der Waals surface area contributed by atoms with Crippen LogP contribution < -0.4 is 5.32 Å². The summed E-state index contributed by atoms with van der Waals surface area (Å²) in [6, 6.07) is 11.3. The Bertz CT molecular complexity index is 1010. The Morgan fingerprint density at radius 1 is 1.22 bits per heavy atom. The number of fused-ring (bicyclic) bond motifs is 3. The van der Waals surface area contributed by atoms with Gasteiger partial charge < -0.3 is 14.8 Å². The van der Waals surface area contributed by atoms with E-state index in [0.29, 0.717) is 23.8 Å². The fraction of sp³-hybridized carbons (Fsp3) is 0.250. The second-order valence-corrected chi connectivity index (χ2v) is 6.28. The second kappa shape index (κ2) is 7.20. The highest BCUT2D eigenvalue weighted by molar-refractivity contribution is 5.94. The first-order valence-corrected chi connectivity index (χ1v) is 8.71. The van der Waals surface area contributed by atoms with E-state index < -0.39 is 0 Å². The number of pyridine rings is 1. The van der Waals surface area contributed by atoms with E-state index in [0.717, 1.165) is 16.6 Å². The number of hydrogen-bond donors (Lipinski definition) is 1. The smallest absolute Gasteiger partial charge is 0.338 e. The van der Waals surface area contributed by atoms with Gasteiger partial charge in [0.05, 0.1) is 29.3 Å². The molecule has 1 atom stereocenters. The number of anilines is 1. The third kappa shape index (κ3) is 3.06. The van der Waals surface area contributed by atoms with Gasteiger partial charge in [0.15, 0.2) is 0 Å². The van der Waals surface area contributed by atoms with E-state index in [-0.39, 0.29) is 18.6 Å². The normalized spacial score (nSPS) is 16.1. The number of para-hydroxylation sites is 2. The number of hydrogen-bond acceptors (Lipinski definition) is 6. The SMILES string of the molecule is COCCOC(=O)C1=C(C)Nc2nc3ccccc3n2[C@H]1c1cccnc1. The molecule has 1 aliphatic rings. The van der Waals surface area contributed by atoms with Gasteiger partial charge in [0.25, 0.3) is 0 Å². The summed E-state index contributed by atoms with van der Waals surface area (Å²) < 4.78 is 12.4. The molecule has 2 aromatic heterocycles. The minimum Gasteiger partial charge on any atom is -0.460 e. The molecule has 7 heteroatoms. The molecule has 0 saturated carbocycles. The molecule has 4 rings (SSSR count). The van der Waals surface area contributed by atoms with Crippen molar-refractivity contribution < 1.29 is 14.3 Å². The highest BCUT2D eigenvalue weighted by atomic mass is 16.6. The van der Waals surface area contributed by atoms with Crippen LogP contribution in [0.3, 0.4) is 0 Å². The molecule has 0 spiro atoms. The lowest BCUT2D eigenvalue weighted by Crippen LogP contribution is -2.29. The van der Waals surface area contributed by atoms with Crippen LogP contribution in [0.4, 0.5) is 5.95 Å². The van der Waals surface area contributed by atoms with Gasteiger partial charge in [0, 0.05) is 25.2 Å². The van der Waals surface area contributed by atoms with E-state index in [2.05, 4.69) is 15.3 Å². The van der Waals surface area contributed by atoms with Gasteiger partial charge in [-0.1, -0.05) is 18.2 Å². The number of ether oxygens (including phenoxy) is 2. The third-order valence-corrected chi connectivity index (χ3v) is 4.57. The molecule has 0 saturated heterocycles. The Hall–Kier alpha value is -3.19. The van der Waals surface area contributed by atoms with Crippen molar-refractivity contribution in [3.63, 3.8) is 0 Å². The predicted molar refractivity (Wildman–Crippen MR) is 101 cm³/mol. The van der Waals surface area contributed by atoms with E-state index >= 15 is 0 Å². The zero-order valence-electron chi connectivity index (χ0n) is 15.2. The van der Waals surface area contributed by atoms with Gasteiger partial charge in [-0.25, -0.2) is 9.78 Å². The molecule has 27 heavy (non-hydrogen) atoms. The van der Waals surface area contributed by atoms with Crippen LogP contribution in [-0.4, -0.2) is 40.8 Å². The maximum Gasteiger partial charge on any atom is 0.338 e. The van der Waals surface area contributed by atoms with Crippen molar-refractivity contribution >= 4 is 23.0 Å². The summed E-state index contributed by atoms with van der Waals surface area (Å²) in [5, 5.41) is 3.25. The van der Waals surface area contributed by atoms with Crippen molar-refractivity contribution in [3.05, 3.63) is 65.6 Å². The molecule has 1 aliphatic heterocycles. The summed E-state index contributed by atoms with van der Waals surface area (Å²) in [5.41, 5.74) is 3.93. The molecule has 0 unspecified atom stereocenters. The number of aromatic nitrogens is 3. The van der Waals surface area contributed by atoms with Gasteiger partial charge >= 0.3 is 5.97 Å². The maximum atomic E-state index is 12.9. The number of benzene rings is 1. The number of rotatable bonds is 5. The molecule has 0 fully saturated rings. The summed E-state index contributed by atoms with van der Waals surface area (Å²) in [6.45, 7) is 2.41. The number of methoxy groups -OCH3 is 1. The van der Waals surface area contributed by atoms with Crippen molar-refractivity contribution in [2.24, 2.45) is 0 Å². The lowest BCUT2D eigenvalue weighted by atomic mass is 9.96. The van der Waals surface area contributed by atoms with Crippen LogP contribution >= 0.6 is 0 Å². The molecule has 3 aromatic rings. The van der Waals surface area contributed by atoms with E-state index in [4.69, 9.17) is 9.47 Å². The van der Waals surface area contributed by atoms with Crippen LogP contribution in [0.1, 0.15) is 18.5 Å². The van der Waals surface area contributed by atoms with E-state index in [9.17, 15) is 4.79 Å². The zero-order chi connectivity index (χ0) is 18.8. The molecular formula is C20H20N4O3. The number of esters is 1. The fourth-order valence-electron chi connectivity index (χ4n) is 3.38. The highest BCUT2D eigenvalue weighted by Crippen LogP contribution is 2.39. The molecule has 1 aromatic carbocycles. The Kier molecular flexibility index (Phi) is 4.60. The van der Waals surface area contributed by atoms with Crippen molar-refractivity contribution in [2.45, 2.75) is 13.0 Å². The first-order chi connectivity index (χ1) is 13.2. The number of carbonyl (C=O) groups excluding carboxylic acids is 1. The van der Waals surface area contributed by atoms with E-state index in [1.807, 2.05) is 47.9 Å². The number of imidazole rings is 1. The monoisotopic (exact) mass is 364 g/mol. The van der Waals surface area contributed by atoms with Crippen LogP contribution in [0.15, 0.2) is 60.1 Å². The van der Waals surface area contributed by atoms with E-state index in [1.54, 1.807) is 19.5 Å². The zero-order valence-corrected chi connectivity index (χ0v) is 15.2. The Labute approximate surface area is 156 Å². The summed E-state index contributed by atoms with van der Waals surface area (Å²) >= 11 is 0. The average Bonchev–Trinajstić information content (AvgIpc) is 3.05. The molecule has 7 nitrogen and oxygen atoms in total. The molecule has 138 valence electrons. The Morgan fingerprint density at radius 3 is 2.85 bits per heavy atom. The Morgan fingerprint density at radius 2 is 2.07 bits per heavy atom. The van der Waals surface area contributed by atoms with Crippen LogP contribution in [0.25, 0.3) is 11.0 Å². The van der Waals surface area contributed by atoms with Crippen LogP contribution in [0.5, 0.6) is 0 Å². The number of nitrogens with zero attached hydrogens (tertiary/aromatic N) is 3. The number of nitrogens with one attached hydrogen (secondary N) is 1. The molecule has 0 bridgehead atoms. The Balaban J connectivity index is 1.86. The summed E-state index contributed by atoms with van der Waals surface area (Å²) in [5.74, 6) is 0.310. The lowest BCUT2D eigenvalue weighted by molar-refractivity contribution is -0.140. The largest absolute Gasteiger partial charge is 0.460 e.